The highest BCUT2D eigenvalue weighted by Crippen LogP contribution is 1.86. The molecule has 0 aromatic rings. The fraction of sp³-hybridized carbons (Fsp3) is 0.800. The largest absolute Gasteiger partial charge is 0.351 e. The summed E-state index contributed by atoms with van der Waals surface area (Å²) in [5.74, 6) is 2.01. The highest BCUT2D eigenvalue weighted by atomic mass is 15.1. The summed E-state index contributed by atoms with van der Waals surface area (Å²) in [4.78, 5) is 2.02. The van der Waals surface area contributed by atoms with Crippen molar-refractivity contribution in [2.45, 2.75) is 0 Å². The molecule has 1 aliphatic heterocycles. The molecule has 0 atom stereocenters. The Labute approximate surface area is 55.9 Å². The number of piperazine rings is 1. The lowest BCUT2D eigenvalue weighted by molar-refractivity contribution is 0.379. The van der Waals surface area contributed by atoms with Gasteiger partial charge in [-0.2, -0.15) is 0 Å². The van der Waals surface area contributed by atoms with Crippen LogP contribution >= 0.6 is 0 Å². The number of hydrogen-bond acceptors (Lipinski definition) is 3. The third-order valence-electron chi connectivity index (χ3n) is 1.39. The summed E-state index contributed by atoms with van der Waals surface area (Å²) in [6, 6.07) is 0. The van der Waals surface area contributed by atoms with Gasteiger partial charge in [-0.25, -0.2) is 5.26 Å². The first-order valence-corrected chi connectivity index (χ1v) is 3.11. The lowest BCUT2D eigenvalue weighted by atomic mass is 9.94. The third-order valence-corrected chi connectivity index (χ3v) is 1.39. The summed E-state index contributed by atoms with van der Waals surface area (Å²) in [6.07, 6.45) is 0. The Balaban J connectivity index is 2.17. The van der Waals surface area contributed by atoms with Gasteiger partial charge in [-0.15, -0.1) is 0 Å². The monoisotopic (exact) mass is 122 g/mol. The molecule has 0 saturated carbocycles. The molecule has 0 aromatic carbocycles. The van der Waals surface area contributed by atoms with Gasteiger partial charge in [0.1, 0.15) is 0 Å². The van der Waals surface area contributed by atoms with Crippen molar-refractivity contribution in [1.82, 2.24) is 10.1 Å². The number of nitrogens with one attached hydrogen (secondary N) is 1. The van der Waals surface area contributed by atoms with Crippen molar-refractivity contribution >= 4 is 7.41 Å². The lowest BCUT2D eigenvalue weighted by Gasteiger charge is -2.23. The van der Waals surface area contributed by atoms with E-state index in [0.717, 1.165) is 26.2 Å². The first kappa shape index (κ1) is 6.59. The van der Waals surface area contributed by atoms with Crippen molar-refractivity contribution in [2.24, 2.45) is 0 Å². The Morgan fingerprint density at radius 2 is 2.11 bits per heavy atom. The number of nitriles is 1. The summed E-state index contributed by atoms with van der Waals surface area (Å²) in [7, 11) is 1.58. The molecule has 0 aromatic heterocycles. The first-order valence-electron chi connectivity index (χ1n) is 3.11. The van der Waals surface area contributed by atoms with Gasteiger partial charge in [-0.1, -0.05) is 0 Å². The average Bonchev–Trinajstić information content (AvgIpc) is 1.91. The summed E-state index contributed by atoms with van der Waals surface area (Å²) in [5.41, 5.74) is 0. The molecule has 1 radical (unpaired) electrons. The maximum atomic E-state index is 8.25. The predicted octanol–water partition coefficient (Wildman–Crippen LogP) is -1.01. The molecule has 9 heavy (non-hydrogen) atoms. The Kier molecular flexibility index (Phi) is 2.56. The molecule has 3 nitrogen and oxygen atoms in total. The summed E-state index contributed by atoms with van der Waals surface area (Å²) in [6.45, 7) is 3.93. The predicted molar refractivity (Wildman–Crippen MR) is 35.8 cm³/mol. The van der Waals surface area contributed by atoms with E-state index in [1.54, 1.807) is 7.41 Å². The van der Waals surface area contributed by atoms with E-state index in [9.17, 15) is 0 Å². The van der Waals surface area contributed by atoms with Gasteiger partial charge in [0, 0.05) is 32.1 Å². The normalized spacial score (nSPS) is 20.8. The molecule has 0 unspecified atom stereocenters. The first-order chi connectivity index (χ1) is 4.43. The molecule has 4 heteroatoms. The molecule has 0 amide bonds. The van der Waals surface area contributed by atoms with Crippen molar-refractivity contribution in [2.75, 3.05) is 26.2 Å². The van der Waals surface area contributed by atoms with Crippen molar-refractivity contribution in [1.29, 1.82) is 5.26 Å². The van der Waals surface area contributed by atoms with Crippen LogP contribution in [0.5, 0.6) is 0 Å². The van der Waals surface area contributed by atoms with Gasteiger partial charge >= 0.3 is 7.41 Å². The minimum absolute atomic E-state index is 0.966. The number of nitrogens with zero attached hydrogens (tertiary/aromatic N) is 2. The molecule has 1 heterocycles. The summed E-state index contributed by atoms with van der Waals surface area (Å²) in [5, 5.41) is 11.5. The zero-order valence-corrected chi connectivity index (χ0v) is 5.30. The van der Waals surface area contributed by atoms with Crippen molar-refractivity contribution in [3.8, 4) is 5.97 Å². The van der Waals surface area contributed by atoms with Crippen LogP contribution in [0.2, 0.25) is 0 Å². The van der Waals surface area contributed by atoms with E-state index in [1.165, 1.54) is 0 Å². The van der Waals surface area contributed by atoms with E-state index in [0.29, 0.717) is 0 Å². The minimum atomic E-state index is 0.966. The van der Waals surface area contributed by atoms with E-state index in [2.05, 4.69) is 5.32 Å². The van der Waals surface area contributed by atoms with E-state index in [-0.39, 0.29) is 0 Å². The van der Waals surface area contributed by atoms with Crippen molar-refractivity contribution in [3.63, 3.8) is 0 Å². The Bertz CT molecular complexity index is 114. The molecule has 1 aliphatic rings. The van der Waals surface area contributed by atoms with Gasteiger partial charge in [-0.05, 0) is 0 Å². The SMILES string of the molecule is N#C[B]N1CCNCC1. The highest BCUT2D eigenvalue weighted by molar-refractivity contribution is 6.41. The van der Waals surface area contributed by atoms with Gasteiger partial charge in [-0.3, -0.25) is 0 Å². The fourth-order valence-corrected chi connectivity index (χ4v) is 0.893. The molecule has 47 valence electrons. The van der Waals surface area contributed by atoms with Crippen LogP contribution < -0.4 is 5.32 Å². The van der Waals surface area contributed by atoms with Crippen LogP contribution in [0.15, 0.2) is 0 Å². The van der Waals surface area contributed by atoms with Crippen molar-refractivity contribution in [3.05, 3.63) is 0 Å². The second kappa shape index (κ2) is 3.49. The van der Waals surface area contributed by atoms with Crippen LogP contribution in [0.3, 0.4) is 0 Å². The molecule has 0 aliphatic carbocycles. The number of hydrogen-bond donors (Lipinski definition) is 1. The van der Waals surface area contributed by atoms with Crippen LogP contribution in [0.4, 0.5) is 0 Å². The second-order valence-corrected chi connectivity index (χ2v) is 2.04. The summed E-state index contributed by atoms with van der Waals surface area (Å²) < 4.78 is 0. The van der Waals surface area contributed by atoms with E-state index in [1.807, 2.05) is 10.8 Å². The lowest BCUT2D eigenvalue weighted by Crippen LogP contribution is -2.44. The molecule has 0 bridgehead atoms. The zero-order valence-electron chi connectivity index (χ0n) is 5.30. The topological polar surface area (TPSA) is 39.1 Å². The minimum Gasteiger partial charge on any atom is -0.330 e. The molecule has 1 rings (SSSR count). The fourth-order valence-electron chi connectivity index (χ4n) is 0.893. The smallest absolute Gasteiger partial charge is 0.330 e. The van der Waals surface area contributed by atoms with Crippen molar-refractivity contribution < 1.29 is 0 Å². The molecule has 0 spiro atoms. The average molecular weight is 122 g/mol. The quantitative estimate of drug-likeness (QED) is 0.453. The number of rotatable bonds is 1. The van der Waals surface area contributed by atoms with Gasteiger partial charge in [0.05, 0.1) is 0 Å². The van der Waals surface area contributed by atoms with Gasteiger partial charge in [0.15, 0.2) is 0 Å². The van der Waals surface area contributed by atoms with Gasteiger partial charge < -0.3 is 10.1 Å². The third kappa shape index (κ3) is 2.04. The molecule has 1 fully saturated rings. The second-order valence-electron chi connectivity index (χ2n) is 2.04. The van der Waals surface area contributed by atoms with E-state index >= 15 is 0 Å². The molecular formula is C5H9BN3. The van der Waals surface area contributed by atoms with Crippen LogP contribution in [0.1, 0.15) is 0 Å². The Morgan fingerprint density at radius 3 is 2.67 bits per heavy atom. The standard InChI is InChI=1S/C5H9BN3/c7-5-6-9-3-1-8-2-4-9/h8H,1-4H2. The Morgan fingerprint density at radius 1 is 1.44 bits per heavy atom. The van der Waals surface area contributed by atoms with Crippen LogP contribution in [0, 0.1) is 11.2 Å². The molecule has 1 saturated heterocycles. The maximum absolute atomic E-state index is 8.25. The van der Waals surface area contributed by atoms with Crippen LogP contribution in [-0.4, -0.2) is 38.4 Å². The Hall–Kier alpha value is -0.525. The molecule has 1 N–H and O–H groups in total. The van der Waals surface area contributed by atoms with Gasteiger partial charge in [0.25, 0.3) is 0 Å². The maximum Gasteiger partial charge on any atom is 0.351 e. The van der Waals surface area contributed by atoms with Gasteiger partial charge in [0.2, 0.25) is 0 Å². The summed E-state index contributed by atoms with van der Waals surface area (Å²) >= 11 is 0. The van der Waals surface area contributed by atoms with Crippen LogP contribution in [0.25, 0.3) is 0 Å². The molecular weight excluding hydrogens is 113 g/mol. The highest BCUT2D eigenvalue weighted by Gasteiger charge is 2.08. The van der Waals surface area contributed by atoms with E-state index < -0.39 is 0 Å². The van der Waals surface area contributed by atoms with E-state index in [4.69, 9.17) is 5.26 Å². The van der Waals surface area contributed by atoms with Crippen LogP contribution in [-0.2, 0) is 0 Å². The zero-order chi connectivity index (χ0) is 6.53.